The summed E-state index contributed by atoms with van der Waals surface area (Å²) in [6, 6.07) is 19.3. The maximum absolute atomic E-state index is 13.0. The predicted octanol–water partition coefficient (Wildman–Crippen LogP) is 3.85. The number of carbonyl (C=O) groups is 2. The smallest absolute Gasteiger partial charge is 0.307 e. The van der Waals surface area contributed by atoms with Crippen molar-refractivity contribution in [2.45, 2.75) is 25.4 Å². The van der Waals surface area contributed by atoms with Crippen molar-refractivity contribution in [3.8, 4) is 0 Å². The molecule has 1 amide bonds. The molecular formula is C25H23FN4O3. The zero-order valence-corrected chi connectivity index (χ0v) is 18.1. The molecule has 0 saturated carbocycles. The van der Waals surface area contributed by atoms with E-state index in [1.807, 2.05) is 24.3 Å². The molecule has 3 aromatic carbocycles. The van der Waals surface area contributed by atoms with Crippen LogP contribution in [0.25, 0.3) is 10.8 Å². The first-order valence-electron chi connectivity index (χ1n) is 10.5. The fraction of sp³-hybridized carbons (Fsp3) is 0.200. The van der Waals surface area contributed by atoms with E-state index in [-0.39, 0.29) is 30.9 Å². The Labute approximate surface area is 190 Å². The van der Waals surface area contributed by atoms with Gasteiger partial charge in [-0.15, -0.1) is 5.10 Å². The van der Waals surface area contributed by atoms with Gasteiger partial charge in [-0.3, -0.25) is 9.59 Å². The van der Waals surface area contributed by atoms with Gasteiger partial charge < -0.3 is 10.1 Å². The molecule has 1 atom stereocenters. The summed E-state index contributed by atoms with van der Waals surface area (Å²) in [6.07, 6.45) is 2.40. The highest BCUT2D eigenvalue weighted by Gasteiger charge is 2.19. The third kappa shape index (κ3) is 5.60. The number of fused-ring (bicyclic) bond motifs is 1. The number of nitrogens with one attached hydrogen (secondary N) is 1. The SMILES string of the molecule is COC(=O)C[C@@H](Cc1ccc2ccccc2c1)n1cc(CNC(=O)c2ccc(F)cc2)nn1. The van der Waals surface area contributed by atoms with Gasteiger partial charge >= 0.3 is 5.97 Å². The molecule has 0 saturated heterocycles. The van der Waals surface area contributed by atoms with Crippen LogP contribution in [0.5, 0.6) is 0 Å². The van der Waals surface area contributed by atoms with E-state index in [1.54, 1.807) is 10.9 Å². The van der Waals surface area contributed by atoms with Crippen molar-refractivity contribution in [2.75, 3.05) is 7.11 Å². The molecule has 0 unspecified atom stereocenters. The molecule has 7 nitrogen and oxygen atoms in total. The highest BCUT2D eigenvalue weighted by atomic mass is 19.1. The summed E-state index contributed by atoms with van der Waals surface area (Å²) in [5.74, 6) is -1.09. The number of amides is 1. The minimum Gasteiger partial charge on any atom is -0.469 e. The third-order valence-electron chi connectivity index (χ3n) is 5.38. The summed E-state index contributed by atoms with van der Waals surface area (Å²) < 4.78 is 19.5. The van der Waals surface area contributed by atoms with Crippen molar-refractivity contribution in [3.63, 3.8) is 0 Å². The monoisotopic (exact) mass is 446 g/mol. The third-order valence-corrected chi connectivity index (χ3v) is 5.38. The molecule has 1 N–H and O–H groups in total. The van der Waals surface area contributed by atoms with Crippen molar-refractivity contribution in [1.82, 2.24) is 20.3 Å². The Hall–Kier alpha value is -4.07. The predicted molar refractivity (Wildman–Crippen MR) is 121 cm³/mol. The van der Waals surface area contributed by atoms with Gasteiger partial charge in [0, 0.05) is 5.56 Å². The Morgan fingerprint density at radius 2 is 1.82 bits per heavy atom. The molecule has 1 heterocycles. The van der Waals surface area contributed by atoms with Gasteiger partial charge in [-0.1, -0.05) is 47.7 Å². The number of aromatic nitrogens is 3. The Kier molecular flexibility index (Phi) is 6.73. The summed E-state index contributed by atoms with van der Waals surface area (Å²) in [7, 11) is 1.35. The minimum absolute atomic E-state index is 0.133. The Balaban J connectivity index is 1.47. The van der Waals surface area contributed by atoms with Gasteiger partial charge in [0.05, 0.1) is 32.3 Å². The van der Waals surface area contributed by atoms with E-state index < -0.39 is 5.82 Å². The Morgan fingerprint density at radius 1 is 1.06 bits per heavy atom. The number of carbonyl (C=O) groups excluding carboxylic acids is 2. The van der Waals surface area contributed by atoms with E-state index in [0.29, 0.717) is 17.7 Å². The van der Waals surface area contributed by atoms with Gasteiger partial charge in [0.15, 0.2) is 0 Å². The van der Waals surface area contributed by atoms with Crippen LogP contribution < -0.4 is 5.32 Å². The van der Waals surface area contributed by atoms with Crippen LogP contribution >= 0.6 is 0 Å². The maximum Gasteiger partial charge on any atom is 0.307 e. The zero-order chi connectivity index (χ0) is 23.2. The second-order valence-electron chi connectivity index (χ2n) is 7.70. The van der Waals surface area contributed by atoms with E-state index in [4.69, 9.17) is 4.74 Å². The number of hydrogen-bond donors (Lipinski definition) is 1. The Bertz CT molecular complexity index is 1270. The van der Waals surface area contributed by atoms with Crippen LogP contribution in [-0.2, 0) is 22.5 Å². The largest absolute Gasteiger partial charge is 0.469 e. The first kappa shape index (κ1) is 22.1. The lowest BCUT2D eigenvalue weighted by molar-refractivity contribution is -0.141. The number of benzene rings is 3. The number of hydrogen-bond acceptors (Lipinski definition) is 5. The van der Waals surface area contributed by atoms with Crippen molar-refractivity contribution in [3.05, 3.63) is 95.6 Å². The van der Waals surface area contributed by atoms with Crippen molar-refractivity contribution in [1.29, 1.82) is 0 Å². The van der Waals surface area contributed by atoms with Crippen LogP contribution in [0.3, 0.4) is 0 Å². The molecule has 0 spiro atoms. The van der Waals surface area contributed by atoms with Gasteiger partial charge in [0.2, 0.25) is 0 Å². The zero-order valence-electron chi connectivity index (χ0n) is 18.1. The first-order chi connectivity index (χ1) is 16.0. The van der Waals surface area contributed by atoms with Crippen LogP contribution in [-0.4, -0.2) is 34.0 Å². The lowest BCUT2D eigenvalue weighted by Crippen LogP contribution is -2.23. The van der Waals surface area contributed by atoms with Gasteiger partial charge in [0.25, 0.3) is 5.91 Å². The number of nitrogens with zero attached hydrogens (tertiary/aromatic N) is 3. The maximum atomic E-state index is 13.0. The van der Waals surface area contributed by atoms with Gasteiger partial charge in [0.1, 0.15) is 11.5 Å². The molecule has 4 rings (SSSR count). The highest BCUT2D eigenvalue weighted by molar-refractivity contribution is 5.94. The summed E-state index contributed by atoms with van der Waals surface area (Å²) in [4.78, 5) is 24.3. The van der Waals surface area contributed by atoms with Crippen LogP contribution in [0.2, 0.25) is 0 Å². The molecule has 4 aromatic rings. The minimum atomic E-state index is -0.405. The molecular weight excluding hydrogens is 423 g/mol. The van der Waals surface area contributed by atoms with Crippen molar-refractivity contribution in [2.24, 2.45) is 0 Å². The second kappa shape index (κ2) is 10.0. The number of methoxy groups -OCH3 is 1. The standard InChI is InChI=1S/C25H23FN4O3/c1-33-24(31)14-23(13-17-6-7-18-4-2-3-5-20(18)12-17)30-16-22(28-29-30)15-27-25(32)19-8-10-21(26)11-9-19/h2-12,16,23H,13-15H2,1H3,(H,27,32)/t23-/m1/s1. The van der Waals surface area contributed by atoms with Crippen LogP contribution in [0.4, 0.5) is 4.39 Å². The molecule has 33 heavy (non-hydrogen) atoms. The topological polar surface area (TPSA) is 86.1 Å². The average Bonchev–Trinajstić information content (AvgIpc) is 3.31. The van der Waals surface area contributed by atoms with Gasteiger partial charge in [-0.25, -0.2) is 9.07 Å². The molecule has 168 valence electrons. The second-order valence-corrected chi connectivity index (χ2v) is 7.70. The molecule has 0 fully saturated rings. The van der Waals surface area contributed by atoms with Crippen molar-refractivity contribution >= 4 is 22.6 Å². The fourth-order valence-electron chi connectivity index (χ4n) is 3.62. The van der Waals surface area contributed by atoms with Gasteiger partial charge in [-0.2, -0.15) is 0 Å². The summed E-state index contributed by atoms with van der Waals surface area (Å²) >= 11 is 0. The van der Waals surface area contributed by atoms with E-state index in [2.05, 4.69) is 33.8 Å². The number of halogens is 1. The van der Waals surface area contributed by atoms with E-state index in [0.717, 1.165) is 16.3 Å². The molecule has 0 aliphatic heterocycles. The molecule has 0 bridgehead atoms. The highest BCUT2D eigenvalue weighted by Crippen LogP contribution is 2.22. The molecule has 0 aliphatic rings. The molecule has 0 radical (unpaired) electrons. The van der Waals surface area contributed by atoms with Crippen LogP contribution in [0.15, 0.2) is 72.9 Å². The number of esters is 1. The lowest BCUT2D eigenvalue weighted by Gasteiger charge is -2.16. The lowest BCUT2D eigenvalue weighted by atomic mass is 10.00. The van der Waals surface area contributed by atoms with Crippen LogP contribution in [0, 0.1) is 5.82 Å². The van der Waals surface area contributed by atoms with E-state index in [9.17, 15) is 14.0 Å². The molecule has 8 heteroatoms. The fourth-order valence-corrected chi connectivity index (χ4v) is 3.62. The van der Waals surface area contributed by atoms with Crippen molar-refractivity contribution < 1.29 is 18.7 Å². The number of rotatable bonds is 8. The van der Waals surface area contributed by atoms with E-state index >= 15 is 0 Å². The number of ether oxygens (including phenoxy) is 1. The Morgan fingerprint density at radius 3 is 2.58 bits per heavy atom. The summed E-state index contributed by atoms with van der Waals surface area (Å²) in [5.41, 5.74) is 1.95. The molecule has 1 aromatic heterocycles. The average molecular weight is 446 g/mol. The summed E-state index contributed by atoms with van der Waals surface area (Å²) in [6.45, 7) is 0.150. The molecule has 0 aliphatic carbocycles. The van der Waals surface area contributed by atoms with Crippen LogP contribution in [0.1, 0.15) is 34.1 Å². The summed E-state index contributed by atoms with van der Waals surface area (Å²) in [5, 5.41) is 13.3. The quantitative estimate of drug-likeness (QED) is 0.416. The first-order valence-corrected chi connectivity index (χ1v) is 10.5. The van der Waals surface area contributed by atoms with E-state index in [1.165, 1.54) is 31.4 Å². The normalized spacial score (nSPS) is 11.8. The van der Waals surface area contributed by atoms with Gasteiger partial charge in [-0.05, 0) is 47.0 Å².